The van der Waals surface area contributed by atoms with Gasteiger partial charge < -0.3 is 0 Å². The molecule has 1 aliphatic rings. The molecule has 1 amide bonds. The highest BCUT2D eigenvalue weighted by Crippen LogP contribution is 2.24. The van der Waals surface area contributed by atoms with Crippen molar-refractivity contribution in [1.29, 1.82) is 0 Å². The Morgan fingerprint density at radius 1 is 1.00 bits per heavy atom. The molecule has 0 saturated carbocycles. The van der Waals surface area contributed by atoms with Crippen molar-refractivity contribution in [3.05, 3.63) is 66.5 Å². The third kappa shape index (κ3) is 3.73. The van der Waals surface area contributed by atoms with Gasteiger partial charge >= 0.3 is 0 Å². The number of fused-ring (bicyclic) bond motifs is 1. The predicted molar refractivity (Wildman–Crippen MR) is 103 cm³/mol. The molecule has 0 radical (unpaired) electrons. The Labute approximate surface area is 153 Å². The summed E-state index contributed by atoms with van der Waals surface area (Å²) >= 11 is 0. The van der Waals surface area contributed by atoms with Gasteiger partial charge in [-0.05, 0) is 48.3 Å². The largest absolute Gasteiger partial charge is 0.299 e. The van der Waals surface area contributed by atoms with Gasteiger partial charge in [-0.15, -0.1) is 0 Å². The van der Waals surface area contributed by atoms with Crippen LogP contribution in [-0.4, -0.2) is 33.9 Å². The molecule has 0 bridgehead atoms. The van der Waals surface area contributed by atoms with E-state index in [-0.39, 0.29) is 11.8 Å². The van der Waals surface area contributed by atoms with Crippen molar-refractivity contribution < 1.29 is 4.79 Å². The van der Waals surface area contributed by atoms with Gasteiger partial charge in [0.1, 0.15) is 0 Å². The molecule has 0 spiro atoms. The van der Waals surface area contributed by atoms with E-state index in [1.54, 1.807) is 18.5 Å². The highest BCUT2D eigenvalue weighted by atomic mass is 16.2. The monoisotopic (exact) mass is 346 g/mol. The second-order valence-electron chi connectivity index (χ2n) is 6.75. The number of carbonyl (C=O) groups excluding carboxylic acids is 1. The number of anilines is 1. The molecule has 5 nitrogen and oxygen atoms in total. The zero-order valence-corrected chi connectivity index (χ0v) is 14.6. The van der Waals surface area contributed by atoms with Gasteiger partial charge in [0.2, 0.25) is 11.9 Å². The maximum absolute atomic E-state index is 12.4. The standard InChI is InChI=1S/C21H22N4O/c26-20(24-21-22-11-4-12-23-21)17-9-13-25(14-10-17)15-18-7-3-6-16-5-1-2-8-19(16)18/h1-8,11-12,17H,9-10,13-15H2,(H,22,23,24,26). The van der Waals surface area contributed by atoms with Crippen molar-refractivity contribution in [3.63, 3.8) is 0 Å². The number of hydrogen-bond donors (Lipinski definition) is 1. The number of amides is 1. The first-order valence-corrected chi connectivity index (χ1v) is 9.06. The lowest BCUT2D eigenvalue weighted by molar-refractivity contribution is -0.121. The molecule has 1 fully saturated rings. The SMILES string of the molecule is O=C(Nc1ncccn1)C1CCN(Cc2cccc3ccccc23)CC1. The number of hydrogen-bond acceptors (Lipinski definition) is 4. The van der Waals surface area contributed by atoms with E-state index in [1.165, 1.54) is 16.3 Å². The van der Waals surface area contributed by atoms with E-state index in [2.05, 4.69) is 62.6 Å². The molecule has 5 heteroatoms. The smallest absolute Gasteiger partial charge is 0.229 e. The quantitative estimate of drug-likeness (QED) is 0.786. The Morgan fingerprint density at radius 3 is 2.54 bits per heavy atom. The molecule has 132 valence electrons. The molecule has 1 N–H and O–H groups in total. The van der Waals surface area contributed by atoms with E-state index in [0.29, 0.717) is 5.95 Å². The van der Waals surface area contributed by atoms with Crippen LogP contribution in [0.2, 0.25) is 0 Å². The molecule has 3 aromatic rings. The van der Waals surface area contributed by atoms with Crippen LogP contribution in [0.4, 0.5) is 5.95 Å². The van der Waals surface area contributed by atoms with Gasteiger partial charge in [0.25, 0.3) is 0 Å². The first kappa shape index (κ1) is 16.7. The van der Waals surface area contributed by atoms with Crippen molar-refractivity contribution in [1.82, 2.24) is 14.9 Å². The van der Waals surface area contributed by atoms with Crippen LogP contribution in [0.1, 0.15) is 18.4 Å². The summed E-state index contributed by atoms with van der Waals surface area (Å²) < 4.78 is 0. The fraction of sp³-hybridized carbons (Fsp3) is 0.286. The molecule has 2 aromatic carbocycles. The van der Waals surface area contributed by atoms with Gasteiger partial charge in [0.15, 0.2) is 0 Å². The Kier molecular flexibility index (Phi) is 4.88. The van der Waals surface area contributed by atoms with Crippen molar-refractivity contribution in [3.8, 4) is 0 Å². The topological polar surface area (TPSA) is 58.1 Å². The van der Waals surface area contributed by atoms with E-state index < -0.39 is 0 Å². The van der Waals surface area contributed by atoms with Crippen LogP contribution < -0.4 is 5.32 Å². The fourth-order valence-electron chi connectivity index (χ4n) is 3.60. The minimum Gasteiger partial charge on any atom is -0.299 e. The number of carbonyl (C=O) groups is 1. The van der Waals surface area contributed by atoms with Gasteiger partial charge in [0.05, 0.1) is 0 Å². The predicted octanol–water partition coefficient (Wildman–Crippen LogP) is 3.48. The molecular weight excluding hydrogens is 324 g/mol. The molecule has 0 unspecified atom stereocenters. The molecule has 1 aliphatic heterocycles. The zero-order chi connectivity index (χ0) is 17.8. The highest BCUT2D eigenvalue weighted by Gasteiger charge is 2.25. The lowest BCUT2D eigenvalue weighted by Crippen LogP contribution is -2.38. The lowest BCUT2D eigenvalue weighted by Gasteiger charge is -2.31. The molecule has 4 rings (SSSR count). The van der Waals surface area contributed by atoms with Crippen LogP contribution in [0.25, 0.3) is 10.8 Å². The first-order chi connectivity index (χ1) is 12.8. The number of piperidine rings is 1. The summed E-state index contributed by atoms with van der Waals surface area (Å²) in [6, 6.07) is 16.7. The van der Waals surface area contributed by atoms with Crippen molar-refractivity contribution in [2.45, 2.75) is 19.4 Å². The first-order valence-electron chi connectivity index (χ1n) is 9.06. The number of benzene rings is 2. The maximum Gasteiger partial charge on any atom is 0.229 e. The number of nitrogens with one attached hydrogen (secondary N) is 1. The van der Waals surface area contributed by atoms with Crippen LogP contribution >= 0.6 is 0 Å². The molecule has 1 aromatic heterocycles. The summed E-state index contributed by atoms with van der Waals surface area (Å²) in [4.78, 5) is 23.0. The third-order valence-corrected chi connectivity index (χ3v) is 5.03. The number of aromatic nitrogens is 2. The van der Waals surface area contributed by atoms with Crippen LogP contribution in [0.15, 0.2) is 60.9 Å². The Morgan fingerprint density at radius 2 is 1.73 bits per heavy atom. The van der Waals surface area contributed by atoms with Crippen molar-refractivity contribution >= 4 is 22.6 Å². The van der Waals surface area contributed by atoms with E-state index in [1.807, 2.05) is 0 Å². The lowest BCUT2D eigenvalue weighted by atomic mass is 9.95. The normalized spacial score (nSPS) is 15.8. The number of likely N-dealkylation sites (tertiary alicyclic amines) is 1. The Bertz CT molecular complexity index is 883. The minimum absolute atomic E-state index is 0.0287. The molecule has 0 atom stereocenters. The molecule has 26 heavy (non-hydrogen) atoms. The van der Waals surface area contributed by atoms with Gasteiger partial charge in [-0.2, -0.15) is 0 Å². The summed E-state index contributed by atoms with van der Waals surface area (Å²) in [6.07, 6.45) is 5.00. The average molecular weight is 346 g/mol. The van der Waals surface area contributed by atoms with Crippen LogP contribution in [0.3, 0.4) is 0 Å². The van der Waals surface area contributed by atoms with E-state index in [0.717, 1.165) is 32.5 Å². The highest BCUT2D eigenvalue weighted by molar-refractivity contribution is 5.91. The number of rotatable bonds is 4. The summed E-state index contributed by atoms with van der Waals surface area (Å²) in [5.74, 6) is 0.444. The van der Waals surface area contributed by atoms with E-state index in [4.69, 9.17) is 0 Å². The molecule has 1 saturated heterocycles. The summed E-state index contributed by atoms with van der Waals surface area (Å²) in [6.45, 7) is 2.78. The van der Waals surface area contributed by atoms with Crippen molar-refractivity contribution in [2.75, 3.05) is 18.4 Å². The summed E-state index contributed by atoms with van der Waals surface area (Å²) in [7, 11) is 0. The molecule has 2 heterocycles. The van der Waals surface area contributed by atoms with Gasteiger partial charge in [0, 0.05) is 24.9 Å². The second kappa shape index (κ2) is 7.62. The van der Waals surface area contributed by atoms with Crippen molar-refractivity contribution in [2.24, 2.45) is 5.92 Å². The number of nitrogens with zero attached hydrogens (tertiary/aromatic N) is 3. The third-order valence-electron chi connectivity index (χ3n) is 5.03. The van der Waals surface area contributed by atoms with Gasteiger partial charge in [-0.3, -0.25) is 15.0 Å². The van der Waals surface area contributed by atoms with Crippen LogP contribution in [0.5, 0.6) is 0 Å². The summed E-state index contributed by atoms with van der Waals surface area (Å²) in [5, 5.41) is 5.42. The van der Waals surface area contributed by atoms with Crippen LogP contribution in [0, 0.1) is 5.92 Å². The minimum atomic E-state index is 0.0287. The van der Waals surface area contributed by atoms with Crippen LogP contribution in [-0.2, 0) is 11.3 Å². The Hall–Kier alpha value is -2.79. The summed E-state index contributed by atoms with van der Waals surface area (Å²) in [5.41, 5.74) is 1.35. The fourth-order valence-corrected chi connectivity index (χ4v) is 3.60. The van der Waals surface area contributed by atoms with Gasteiger partial charge in [-0.25, -0.2) is 9.97 Å². The zero-order valence-electron chi connectivity index (χ0n) is 14.6. The maximum atomic E-state index is 12.4. The van der Waals surface area contributed by atoms with E-state index in [9.17, 15) is 4.79 Å². The van der Waals surface area contributed by atoms with E-state index >= 15 is 0 Å². The molecular formula is C21H22N4O. The Balaban J connectivity index is 1.35. The second-order valence-corrected chi connectivity index (χ2v) is 6.75. The van der Waals surface area contributed by atoms with Gasteiger partial charge in [-0.1, -0.05) is 42.5 Å². The molecule has 0 aliphatic carbocycles. The average Bonchev–Trinajstić information content (AvgIpc) is 2.70.